The van der Waals surface area contributed by atoms with E-state index in [1.807, 2.05) is 12.1 Å². The van der Waals surface area contributed by atoms with Gasteiger partial charge in [0, 0.05) is 17.9 Å². The van der Waals surface area contributed by atoms with Crippen LogP contribution in [0.1, 0.15) is 19.8 Å². The molecule has 0 saturated heterocycles. The second-order valence-electron chi connectivity index (χ2n) is 5.14. The van der Waals surface area contributed by atoms with E-state index in [-0.39, 0.29) is 4.90 Å². The van der Waals surface area contributed by atoms with Crippen LogP contribution in [0.25, 0.3) is 0 Å². The number of hydrogen-bond donors (Lipinski definition) is 2. The maximum atomic E-state index is 12.3. The molecule has 5 nitrogen and oxygen atoms in total. The molecule has 2 N–H and O–H groups in total. The van der Waals surface area contributed by atoms with Crippen molar-refractivity contribution in [2.45, 2.75) is 24.7 Å². The number of sulfonamides is 1. The van der Waals surface area contributed by atoms with Gasteiger partial charge in [-0.05, 0) is 55.0 Å². The average molecular weight is 334 g/mol. The standard InChI is InChI=1S/C17H22N2O3S/c1-3-4-13-18-14-5-7-15(8-6-14)19-23(20,21)17-11-9-16(22-2)10-12-17/h5-12,18-19H,3-4,13H2,1-2H3. The Balaban J connectivity index is 2.04. The van der Waals surface area contributed by atoms with Crippen LogP contribution in [0, 0.1) is 0 Å². The number of hydrogen-bond acceptors (Lipinski definition) is 4. The Labute approximate surface area is 137 Å². The number of nitrogens with one attached hydrogen (secondary N) is 2. The molecule has 0 bridgehead atoms. The van der Waals surface area contributed by atoms with E-state index in [2.05, 4.69) is 17.0 Å². The van der Waals surface area contributed by atoms with Crippen LogP contribution in [0.2, 0.25) is 0 Å². The van der Waals surface area contributed by atoms with Crippen molar-refractivity contribution in [2.24, 2.45) is 0 Å². The van der Waals surface area contributed by atoms with E-state index < -0.39 is 10.0 Å². The molecule has 6 heteroatoms. The van der Waals surface area contributed by atoms with Crippen LogP contribution < -0.4 is 14.8 Å². The number of rotatable bonds is 8. The summed E-state index contributed by atoms with van der Waals surface area (Å²) in [7, 11) is -2.06. The zero-order chi connectivity index (χ0) is 16.7. The zero-order valence-corrected chi connectivity index (χ0v) is 14.2. The molecule has 0 radical (unpaired) electrons. The predicted octanol–water partition coefficient (Wildman–Crippen LogP) is 3.71. The Kier molecular flexibility index (Phi) is 5.87. The number of unbranched alkanes of at least 4 members (excludes halogenated alkanes) is 1. The first-order valence-corrected chi connectivity index (χ1v) is 9.04. The average Bonchev–Trinajstić information content (AvgIpc) is 2.56. The lowest BCUT2D eigenvalue weighted by molar-refractivity contribution is 0.414. The summed E-state index contributed by atoms with van der Waals surface area (Å²) < 4.78 is 32.3. The van der Waals surface area contributed by atoms with E-state index in [0.29, 0.717) is 11.4 Å². The van der Waals surface area contributed by atoms with Gasteiger partial charge in [-0.3, -0.25) is 4.72 Å². The van der Waals surface area contributed by atoms with Crippen molar-refractivity contribution in [2.75, 3.05) is 23.7 Å². The van der Waals surface area contributed by atoms with Gasteiger partial charge in [-0.2, -0.15) is 0 Å². The maximum Gasteiger partial charge on any atom is 0.261 e. The van der Waals surface area contributed by atoms with Crippen molar-refractivity contribution in [1.29, 1.82) is 0 Å². The Morgan fingerprint density at radius 1 is 0.957 bits per heavy atom. The van der Waals surface area contributed by atoms with Crippen LogP contribution >= 0.6 is 0 Å². The van der Waals surface area contributed by atoms with Gasteiger partial charge in [0.2, 0.25) is 0 Å². The topological polar surface area (TPSA) is 67.4 Å². The van der Waals surface area contributed by atoms with Crippen LogP contribution in [0.4, 0.5) is 11.4 Å². The minimum absolute atomic E-state index is 0.198. The van der Waals surface area contributed by atoms with E-state index in [1.54, 1.807) is 24.3 Å². The van der Waals surface area contributed by atoms with E-state index in [1.165, 1.54) is 19.2 Å². The van der Waals surface area contributed by atoms with Gasteiger partial charge < -0.3 is 10.1 Å². The highest BCUT2D eigenvalue weighted by Gasteiger charge is 2.14. The van der Waals surface area contributed by atoms with E-state index in [4.69, 9.17) is 4.74 Å². The van der Waals surface area contributed by atoms with Crippen LogP contribution in [-0.4, -0.2) is 22.1 Å². The van der Waals surface area contributed by atoms with Crippen molar-refractivity contribution >= 4 is 21.4 Å². The Bertz CT molecular complexity index is 711. The summed E-state index contributed by atoms with van der Waals surface area (Å²) in [4.78, 5) is 0.198. The largest absolute Gasteiger partial charge is 0.497 e. The van der Waals surface area contributed by atoms with Gasteiger partial charge in [0.15, 0.2) is 0 Å². The van der Waals surface area contributed by atoms with Crippen molar-refractivity contribution in [3.8, 4) is 5.75 Å². The monoisotopic (exact) mass is 334 g/mol. The lowest BCUT2D eigenvalue weighted by Gasteiger charge is -2.10. The molecule has 0 saturated carbocycles. The Morgan fingerprint density at radius 2 is 1.57 bits per heavy atom. The molecule has 0 aliphatic carbocycles. The number of ether oxygens (including phenoxy) is 1. The summed E-state index contributed by atoms with van der Waals surface area (Å²) in [5.74, 6) is 0.617. The minimum Gasteiger partial charge on any atom is -0.497 e. The van der Waals surface area contributed by atoms with Crippen LogP contribution in [0.5, 0.6) is 5.75 Å². The summed E-state index contributed by atoms with van der Waals surface area (Å²) in [5.41, 5.74) is 1.51. The summed E-state index contributed by atoms with van der Waals surface area (Å²) in [6.45, 7) is 3.05. The predicted molar refractivity (Wildman–Crippen MR) is 93.6 cm³/mol. The quantitative estimate of drug-likeness (QED) is 0.722. The number of benzene rings is 2. The van der Waals surface area contributed by atoms with Gasteiger partial charge in [-0.1, -0.05) is 13.3 Å². The van der Waals surface area contributed by atoms with Gasteiger partial charge in [0.1, 0.15) is 5.75 Å². The third-order valence-electron chi connectivity index (χ3n) is 3.37. The van der Waals surface area contributed by atoms with Crippen LogP contribution in [0.15, 0.2) is 53.4 Å². The SMILES string of the molecule is CCCCNc1ccc(NS(=O)(=O)c2ccc(OC)cc2)cc1. The molecule has 23 heavy (non-hydrogen) atoms. The fourth-order valence-corrected chi connectivity index (χ4v) is 3.09. The van der Waals surface area contributed by atoms with Gasteiger partial charge in [0.25, 0.3) is 10.0 Å². The molecule has 2 aromatic carbocycles. The van der Waals surface area contributed by atoms with E-state index >= 15 is 0 Å². The fraction of sp³-hybridized carbons (Fsp3) is 0.294. The molecule has 0 unspecified atom stereocenters. The lowest BCUT2D eigenvalue weighted by atomic mass is 10.2. The molecule has 2 rings (SSSR count). The molecule has 0 atom stereocenters. The molecule has 0 heterocycles. The van der Waals surface area contributed by atoms with Crippen molar-refractivity contribution in [3.05, 3.63) is 48.5 Å². The molecular weight excluding hydrogens is 312 g/mol. The molecule has 124 valence electrons. The van der Waals surface area contributed by atoms with Gasteiger partial charge in [-0.15, -0.1) is 0 Å². The third kappa shape index (κ3) is 4.89. The number of methoxy groups -OCH3 is 1. The summed E-state index contributed by atoms with van der Waals surface area (Å²) in [6.07, 6.45) is 2.23. The van der Waals surface area contributed by atoms with Gasteiger partial charge in [-0.25, -0.2) is 8.42 Å². The molecular formula is C17H22N2O3S. The smallest absolute Gasteiger partial charge is 0.261 e. The van der Waals surface area contributed by atoms with Gasteiger partial charge in [0.05, 0.1) is 12.0 Å². The Hall–Kier alpha value is -2.21. The normalized spacial score (nSPS) is 11.0. The zero-order valence-electron chi connectivity index (χ0n) is 13.4. The second kappa shape index (κ2) is 7.87. The Morgan fingerprint density at radius 3 is 2.13 bits per heavy atom. The summed E-state index contributed by atoms with van der Waals surface area (Å²) >= 11 is 0. The van der Waals surface area contributed by atoms with Gasteiger partial charge >= 0.3 is 0 Å². The first kappa shape index (κ1) is 17.1. The van der Waals surface area contributed by atoms with E-state index in [9.17, 15) is 8.42 Å². The lowest BCUT2D eigenvalue weighted by Crippen LogP contribution is -2.12. The highest BCUT2D eigenvalue weighted by Crippen LogP contribution is 2.20. The first-order chi connectivity index (χ1) is 11.0. The second-order valence-corrected chi connectivity index (χ2v) is 6.82. The summed E-state index contributed by atoms with van der Waals surface area (Å²) in [5, 5.41) is 3.29. The summed E-state index contributed by atoms with van der Waals surface area (Å²) in [6, 6.07) is 13.5. The fourth-order valence-electron chi connectivity index (χ4n) is 2.03. The molecule has 0 aromatic heterocycles. The van der Waals surface area contributed by atoms with Crippen LogP contribution in [0.3, 0.4) is 0 Å². The minimum atomic E-state index is -3.60. The molecule has 2 aromatic rings. The first-order valence-electron chi connectivity index (χ1n) is 7.56. The van der Waals surface area contributed by atoms with Crippen molar-refractivity contribution in [3.63, 3.8) is 0 Å². The highest BCUT2D eigenvalue weighted by molar-refractivity contribution is 7.92. The number of anilines is 2. The van der Waals surface area contributed by atoms with Crippen molar-refractivity contribution < 1.29 is 13.2 Å². The molecule has 0 aliphatic rings. The van der Waals surface area contributed by atoms with E-state index in [0.717, 1.165) is 25.1 Å². The third-order valence-corrected chi connectivity index (χ3v) is 4.76. The van der Waals surface area contributed by atoms with Crippen molar-refractivity contribution in [1.82, 2.24) is 0 Å². The molecule has 0 fully saturated rings. The molecule has 0 spiro atoms. The molecule has 0 amide bonds. The highest BCUT2D eigenvalue weighted by atomic mass is 32.2. The van der Waals surface area contributed by atoms with Crippen LogP contribution in [-0.2, 0) is 10.0 Å². The maximum absolute atomic E-state index is 12.3. The molecule has 0 aliphatic heterocycles.